The van der Waals surface area contributed by atoms with Gasteiger partial charge in [-0.2, -0.15) is 0 Å². The Kier molecular flexibility index (Phi) is 21.6. The van der Waals surface area contributed by atoms with Crippen LogP contribution in [0.15, 0.2) is 78.9 Å². The molecular formula is C54H73N9O9S2. The maximum absolute atomic E-state index is 14.7. The molecule has 1 saturated carbocycles. The van der Waals surface area contributed by atoms with Crippen LogP contribution in [0.3, 0.4) is 0 Å². The molecule has 74 heavy (non-hydrogen) atoms. The van der Waals surface area contributed by atoms with Gasteiger partial charge >= 0.3 is 0 Å². The number of hydrogen-bond acceptors (Lipinski definition) is 12. The van der Waals surface area contributed by atoms with E-state index in [0.29, 0.717) is 42.4 Å². The van der Waals surface area contributed by atoms with Gasteiger partial charge in [0, 0.05) is 54.5 Å². The Morgan fingerprint density at radius 2 is 1.35 bits per heavy atom. The topological polar surface area (TPSA) is 273 Å². The molecule has 8 amide bonds. The minimum Gasteiger partial charge on any atom is -0.494 e. The highest BCUT2D eigenvalue weighted by Crippen LogP contribution is 2.44. The van der Waals surface area contributed by atoms with E-state index in [2.05, 4.69) is 31.9 Å². The van der Waals surface area contributed by atoms with Crippen molar-refractivity contribution in [3.63, 3.8) is 0 Å². The fourth-order valence-electron chi connectivity index (χ4n) is 9.61. The van der Waals surface area contributed by atoms with Gasteiger partial charge in [-0.15, -0.1) is 23.5 Å². The average molecular weight is 1060 g/mol. The number of hydrogen-bond donors (Lipinski definition) is 8. The van der Waals surface area contributed by atoms with Crippen LogP contribution in [-0.4, -0.2) is 117 Å². The van der Waals surface area contributed by atoms with Crippen LogP contribution < -0.4 is 48.1 Å². The van der Waals surface area contributed by atoms with Crippen molar-refractivity contribution in [3.8, 4) is 5.75 Å². The Morgan fingerprint density at radius 1 is 0.743 bits per heavy atom. The molecule has 1 spiro atoms. The lowest BCUT2D eigenvalue weighted by Gasteiger charge is -2.37. The van der Waals surface area contributed by atoms with Crippen molar-refractivity contribution in [2.75, 3.05) is 24.0 Å². The molecule has 18 nitrogen and oxygen atoms in total. The number of nitrogens with two attached hydrogens (primary N) is 2. The Morgan fingerprint density at radius 3 is 2.00 bits per heavy atom. The van der Waals surface area contributed by atoms with Crippen LogP contribution in [0.4, 0.5) is 0 Å². The first-order valence-electron chi connectivity index (χ1n) is 25.7. The van der Waals surface area contributed by atoms with Gasteiger partial charge in [-0.05, 0) is 72.9 Å². The van der Waals surface area contributed by atoms with Crippen LogP contribution in [0.2, 0.25) is 0 Å². The van der Waals surface area contributed by atoms with Crippen molar-refractivity contribution in [1.82, 2.24) is 36.8 Å². The number of thioether (sulfide) groups is 2. The summed E-state index contributed by atoms with van der Waals surface area (Å²) in [7, 11) is 0. The molecule has 1 unspecified atom stereocenters. The summed E-state index contributed by atoms with van der Waals surface area (Å²) in [5.41, 5.74) is 14.7. The zero-order valence-electron chi connectivity index (χ0n) is 42.7. The lowest BCUT2D eigenvalue weighted by atomic mass is 9.85. The number of likely N-dealkylation sites (tertiary alicyclic amines) is 1. The summed E-state index contributed by atoms with van der Waals surface area (Å²) in [6.07, 6.45) is 4.75. The Labute approximate surface area is 442 Å². The molecule has 3 fully saturated rings. The van der Waals surface area contributed by atoms with Gasteiger partial charge in [0.25, 0.3) is 0 Å². The minimum absolute atomic E-state index is 0.0245. The number of carbonyl (C=O) groups excluding carboxylic acids is 8. The van der Waals surface area contributed by atoms with E-state index in [4.69, 9.17) is 16.2 Å². The number of ether oxygens (including phenoxy) is 1. The van der Waals surface area contributed by atoms with Gasteiger partial charge < -0.3 is 53.0 Å². The first-order chi connectivity index (χ1) is 35.6. The first-order valence-corrected chi connectivity index (χ1v) is 27.8. The van der Waals surface area contributed by atoms with E-state index in [0.717, 1.165) is 48.8 Å². The lowest BCUT2D eigenvalue weighted by molar-refractivity contribution is -0.141. The minimum atomic E-state index is -1.56. The second-order valence-corrected chi connectivity index (χ2v) is 22.5. The number of carbonyl (C=O) groups is 8. The zero-order valence-corrected chi connectivity index (χ0v) is 44.3. The predicted octanol–water partition coefficient (Wildman–Crippen LogP) is 3.12. The molecule has 0 aromatic heterocycles. The van der Waals surface area contributed by atoms with E-state index in [1.807, 2.05) is 49.4 Å². The van der Waals surface area contributed by atoms with Gasteiger partial charge in [-0.25, -0.2) is 0 Å². The number of primary amides is 1. The molecule has 3 aliphatic rings. The third-order valence-corrected chi connectivity index (χ3v) is 16.6. The molecule has 0 radical (unpaired) electrons. The molecule has 3 aromatic carbocycles. The van der Waals surface area contributed by atoms with Crippen LogP contribution in [0.5, 0.6) is 5.75 Å². The second-order valence-electron chi connectivity index (χ2n) is 19.7. The van der Waals surface area contributed by atoms with E-state index >= 15 is 0 Å². The highest BCUT2D eigenvalue weighted by Gasteiger charge is 2.41. The summed E-state index contributed by atoms with van der Waals surface area (Å²) in [5.74, 6) is -4.98. The third kappa shape index (κ3) is 16.7. The Bertz CT molecular complexity index is 2410. The van der Waals surface area contributed by atoms with E-state index in [1.165, 1.54) is 16.7 Å². The van der Waals surface area contributed by atoms with Gasteiger partial charge in [-0.1, -0.05) is 99.8 Å². The van der Waals surface area contributed by atoms with Gasteiger partial charge in [-0.3, -0.25) is 38.4 Å². The van der Waals surface area contributed by atoms with Crippen molar-refractivity contribution in [2.45, 2.75) is 145 Å². The van der Waals surface area contributed by atoms with Crippen LogP contribution in [0, 0.1) is 5.92 Å². The smallest absolute Gasteiger partial charge is 0.246 e. The molecule has 6 rings (SSSR count). The monoisotopic (exact) mass is 1060 g/mol. The highest BCUT2D eigenvalue weighted by atomic mass is 32.2. The molecule has 10 N–H and O–H groups in total. The van der Waals surface area contributed by atoms with E-state index < -0.39 is 88.8 Å². The van der Waals surface area contributed by atoms with Crippen molar-refractivity contribution in [1.29, 1.82) is 0 Å². The largest absolute Gasteiger partial charge is 0.494 e. The molecule has 3 aromatic rings. The number of benzene rings is 3. The van der Waals surface area contributed by atoms with Gasteiger partial charge in [0.2, 0.25) is 47.3 Å². The van der Waals surface area contributed by atoms with Crippen molar-refractivity contribution in [3.05, 3.63) is 101 Å². The standard InChI is InChI=1S/C54H73N9O9S2/c1-4-72-39-21-19-36(20-22-39)27-40-48(66)59-41(26-35-12-7-5-8-13-35)50(68)62-47(34(2)3)52(70)60-42(28-45(56)64)49(67)61-43(32-73-33-74-54(29-46(65)58-40)23-9-6-10-24-54)53(71)63-25-11-14-44(63)51(69)57-31-38-17-15-37(30-55)16-18-38/h5,7-8,12-13,15-22,34,40-44,47H,4,6,9-11,14,23-33,55H2,1-3H3,(H2,56,64)(H,57,69)(H,58,65)(H,59,66)(H,60,70)(H,61,67)(H,62,68)/t40-,41-,42-,43-,44?,47+/m1/s1. The average Bonchev–Trinajstić information content (AvgIpc) is 3.88. The van der Waals surface area contributed by atoms with Gasteiger partial charge in [0.1, 0.15) is 42.0 Å². The third-order valence-electron chi connectivity index (χ3n) is 13.7. The molecular weight excluding hydrogens is 983 g/mol. The fourth-order valence-corrected chi connectivity index (χ4v) is 12.6. The maximum atomic E-state index is 14.7. The Hall–Kier alpha value is -6.12. The number of nitrogens with zero attached hydrogens (tertiary/aromatic N) is 1. The van der Waals surface area contributed by atoms with Gasteiger partial charge in [0.05, 0.1) is 13.0 Å². The van der Waals surface area contributed by atoms with Crippen LogP contribution >= 0.6 is 23.5 Å². The molecule has 1 aliphatic carbocycles. The van der Waals surface area contributed by atoms with Crippen LogP contribution in [-0.2, 0) is 64.3 Å². The van der Waals surface area contributed by atoms with E-state index in [9.17, 15) is 38.4 Å². The summed E-state index contributed by atoms with van der Waals surface area (Å²) >= 11 is 2.97. The summed E-state index contributed by atoms with van der Waals surface area (Å²) in [5, 5.41) is 17.5. The summed E-state index contributed by atoms with van der Waals surface area (Å²) in [6, 6.07) is 16.6. The van der Waals surface area contributed by atoms with E-state index in [1.54, 1.807) is 62.0 Å². The molecule has 2 heterocycles. The normalized spacial score (nSPS) is 23.6. The molecule has 2 aliphatic heterocycles. The van der Waals surface area contributed by atoms with E-state index in [-0.39, 0.29) is 49.9 Å². The Balaban J connectivity index is 1.32. The number of amides is 8. The molecule has 6 atom stereocenters. The highest BCUT2D eigenvalue weighted by molar-refractivity contribution is 8.16. The number of rotatable bonds is 14. The summed E-state index contributed by atoms with van der Waals surface area (Å²) < 4.78 is 5.13. The number of nitrogens with one attached hydrogen (secondary N) is 6. The molecule has 20 heteroatoms. The quantitative estimate of drug-likeness (QED) is 0.116. The van der Waals surface area contributed by atoms with Crippen molar-refractivity contribution >= 4 is 70.8 Å². The summed E-state index contributed by atoms with van der Waals surface area (Å²) in [4.78, 5) is 115. The van der Waals surface area contributed by atoms with Crippen molar-refractivity contribution < 1.29 is 43.1 Å². The SMILES string of the molecule is CCOc1ccc(C[C@H]2NC(=O)CC3(CCCCC3)SCSC[C@H](C(=O)N3CCCC3C(=O)NCc3ccc(CN)cc3)NC(=O)[C@@H](CC(N)=O)NC(=O)[C@H](C(C)C)NC(=O)[C@@H](Cc3ccccc3)NC2=O)cc1. The first kappa shape index (κ1) is 57.2. The lowest BCUT2D eigenvalue weighted by Crippen LogP contribution is -2.61. The van der Waals surface area contributed by atoms with Crippen LogP contribution in [0.25, 0.3) is 0 Å². The zero-order chi connectivity index (χ0) is 53.2. The molecule has 2 saturated heterocycles. The maximum Gasteiger partial charge on any atom is 0.246 e. The fraction of sp³-hybridized carbons (Fsp3) is 0.519. The van der Waals surface area contributed by atoms with Crippen LogP contribution in [0.1, 0.15) is 101 Å². The van der Waals surface area contributed by atoms with Gasteiger partial charge in [0.15, 0.2) is 0 Å². The summed E-state index contributed by atoms with van der Waals surface area (Å²) in [6.45, 7) is 6.59. The molecule has 0 bridgehead atoms. The molecule has 400 valence electrons. The predicted molar refractivity (Wildman–Crippen MR) is 286 cm³/mol. The second kappa shape index (κ2) is 28.0. The van der Waals surface area contributed by atoms with Crippen molar-refractivity contribution in [2.24, 2.45) is 17.4 Å².